The van der Waals surface area contributed by atoms with Crippen molar-refractivity contribution in [3.05, 3.63) is 40.1 Å². The van der Waals surface area contributed by atoms with E-state index in [0.29, 0.717) is 29.9 Å². The van der Waals surface area contributed by atoms with Crippen molar-refractivity contribution >= 4 is 11.6 Å². The number of furan rings is 1. The van der Waals surface area contributed by atoms with Gasteiger partial charge in [0.15, 0.2) is 0 Å². The SMILES string of the molecule is Cc1ccc(C(C)(O)CNCc2c(C(C)C)nn(C)c2Cl)o1. The highest BCUT2D eigenvalue weighted by Gasteiger charge is 2.27. The highest BCUT2D eigenvalue weighted by molar-refractivity contribution is 6.30. The van der Waals surface area contributed by atoms with E-state index in [1.165, 1.54) is 0 Å². The molecule has 0 bridgehead atoms. The number of hydrogen-bond acceptors (Lipinski definition) is 4. The molecule has 2 heterocycles. The van der Waals surface area contributed by atoms with Gasteiger partial charge >= 0.3 is 0 Å². The first kappa shape index (κ1) is 17.1. The molecule has 122 valence electrons. The minimum atomic E-state index is -1.07. The molecule has 2 rings (SSSR count). The number of rotatable bonds is 6. The second-order valence-electron chi connectivity index (χ2n) is 6.22. The van der Waals surface area contributed by atoms with E-state index in [4.69, 9.17) is 16.0 Å². The van der Waals surface area contributed by atoms with E-state index >= 15 is 0 Å². The first-order valence-electron chi connectivity index (χ1n) is 7.43. The maximum absolute atomic E-state index is 10.5. The van der Waals surface area contributed by atoms with Gasteiger partial charge in [0.05, 0.1) is 5.69 Å². The first-order chi connectivity index (χ1) is 10.2. The van der Waals surface area contributed by atoms with E-state index in [0.717, 1.165) is 17.0 Å². The van der Waals surface area contributed by atoms with E-state index in [-0.39, 0.29) is 0 Å². The van der Waals surface area contributed by atoms with Crippen LogP contribution in [0.3, 0.4) is 0 Å². The summed E-state index contributed by atoms with van der Waals surface area (Å²) >= 11 is 6.31. The van der Waals surface area contributed by atoms with E-state index in [1.54, 1.807) is 17.7 Å². The predicted octanol–water partition coefficient (Wildman–Crippen LogP) is 3.10. The summed E-state index contributed by atoms with van der Waals surface area (Å²) in [5.41, 5.74) is 0.889. The number of aliphatic hydroxyl groups is 1. The number of nitrogens with zero attached hydrogens (tertiary/aromatic N) is 2. The quantitative estimate of drug-likeness (QED) is 0.856. The molecule has 0 aromatic carbocycles. The summed E-state index contributed by atoms with van der Waals surface area (Å²) in [5.74, 6) is 1.63. The van der Waals surface area contributed by atoms with Gasteiger partial charge in [0.25, 0.3) is 0 Å². The smallest absolute Gasteiger partial charge is 0.136 e. The van der Waals surface area contributed by atoms with Crippen molar-refractivity contribution in [1.29, 1.82) is 0 Å². The minimum absolute atomic E-state index is 0.295. The minimum Gasteiger partial charge on any atom is -0.463 e. The number of halogens is 1. The molecule has 2 aromatic rings. The summed E-state index contributed by atoms with van der Waals surface area (Å²) < 4.78 is 7.19. The fraction of sp³-hybridized carbons (Fsp3) is 0.562. The van der Waals surface area contributed by atoms with Crippen LogP contribution in [0.1, 0.15) is 49.5 Å². The second kappa shape index (κ2) is 6.44. The number of aryl methyl sites for hydroxylation is 2. The van der Waals surface area contributed by atoms with Crippen molar-refractivity contribution in [3.63, 3.8) is 0 Å². The Morgan fingerprint density at radius 1 is 1.45 bits per heavy atom. The Balaban J connectivity index is 2.05. The lowest BCUT2D eigenvalue weighted by atomic mass is 10.0. The molecule has 0 aliphatic rings. The zero-order chi connectivity index (χ0) is 16.5. The molecule has 0 saturated carbocycles. The Kier molecular flexibility index (Phi) is 5.00. The van der Waals surface area contributed by atoms with Crippen LogP contribution in [-0.4, -0.2) is 21.4 Å². The fourth-order valence-electron chi connectivity index (χ4n) is 2.44. The summed E-state index contributed by atoms with van der Waals surface area (Å²) in [6.45, 7) is 8.68. The number of hydrogen-bond donors (Lipinski definition) is 2. The van der Waals surface area contributed by atoms with Crippen LogP contribution >= 0.6 is 11.6 Å². The van der Waals surface area contributed by atoms with Crippen molar-refractivity contribution in [2.45, 2.75) is 45.8 Å². The summed E-state index contributed by atoms with van der Waals surface area (Å²) in [5, 5.41) is 18.9. The maximum atomic E-state index is 10.5. The van der Waals surface area contributed by atoms with Gasteiger partial charge in [-0.2, -0.15) is 5.10 Å². The van der Waals surface area contributed by atoms with Gasteiger partial charge in [0, 0.05) is 25.7 Å². The molecule has 0 aliphatic heterocycles. The molecule has 0 aliphatic carbocycles. The standard InChI is InChI=1S/C16H24ClN3O2/c1-10(2)14-12(15(17)20(5)19-14)8-18-9-16(4,21)13-7-6-11(3)22-13/h6-7,10,18,21H,8-9H2,1-5H3. The Bertz CT molecular complexity index is 644. The van der Waals surface area contributed by atoms with Crippen molar-refractivity contribution in [1.82, 2.24) is 15.1 Å². The Hall–Kier alpha value is -1.30. The van der Waals surface area contributed by atoms with Crippen LogP contribution in [0.25, 0.3) is 0 Å². The molecule has 0 fully saturated rings. The van der Waals surface area contributed by atoms with Crippen LogP contribution < -0.4 is 5.32 Å². The van der Waals surface area contributed by atoms with Gasteiger partial charge in [0.1, 0.15) is 22.3 Å². The lowest BCUT2D eigenvalue weighted by Gasteiger charge is -2.21. The third kappa shape index (κ3) is 3.54. The molecule has 1 unspecified atom stereocenters. The fourth-order valence-corrected chi connectivity index (χ4v) is 2.64. The van der Waals surface area contributed by atoms with E-state index in [9.17, 15) is 5.11 Å². The van der Waals surface area contributed by atoms with E-state index < -0.39 is 5.60 Å². The van der Waals surface area contributed by atoms with Crippen LogP contribution in [0.4, 0.5) is 0 Å². The molecule has 5 nitrogen and oxygen atoms in total. The largest absolute Gasteiger partial charge is 0.463 e. The Morgan fingerprint density at radius 3 is 2.68 bits per heavy atom. The molecular formula is C16H24ClN3O2. The molecule has 22 heavy (non-hydrogen) atoms. The third-order valence-corrected chi connectivity index (χ3v) is 4.16. The monoisotopic (exact) mass is 325 g/mol. The molecule has 0 radical (unpaired) electrons. The number of nitrogens with one attached hydrogen (secondary N) is 1. The molecule has 6 heteroatoms. The van der Waals surface area contributed by atoms with Gasteiger partial charge in [-0.25, -0.2) is 0 Å². The zero-order valence-corrected chi connectivity index (χ0v) is 14.5. The molecule has 0 saturated heterocycles. The van der Waals surface area contributed by atoms with Gasteiger partial charge in [-0.1, -0.05) is 25.4 Å². The van der Waals surface area contributed by atoms with Crippen molar-refractivity contribution < 1.29 is 9.52 Å². The summed E-state index contributed by atoms with van der Waals surface area (Å²) in [4.78, 5) is 0. The summed E-state index contributed by atoms with van der Waals surface area (Å²) in [6.07, 6.45) is 0. The predicted molar refractivity (Wildman–Crippen MR) is 87.0 cm³/mol. The van der Waals surface area contributed by atoms with Gasteiger partial charge in [-0.05, 0) is 31.9 Å². The molecule has 2 aromatic heterocycles. The maximum Gasteiger partial charge on any atom is 0.136 e. The third-order valence-electron chi connectivity index (χ3n) is 3.69. The topological polar surface area (TPSA) is 63.2 Å². The lowest BCUT2D eigenvalue weighted by Crippen LogP contribution is -2.35. The average molecular weight is 326 g/mol. The second-order valence-corrected chi connectivity index (χ2v) is 6.58. The molecule has 0 amide bonds. The van der Waals surface area contributed by atoms with Gasteiger partial charge in [0.2, 0.25) is 0 Å². The van der Waals surface area contributed by atoms with Crippen LogP contribution in [0, 0.1) is 6.92 Å². The van der Waals surface area contributed by atoms with E-state index in [2.05, 4.69) is 24.3 Å². The van der Waals surface area contributed by atoms with Crippen LogP contribution in [-0.2, 0) is 19.2 Å². The molecule has 2 N–H and O–H groups in total. The highest BCUT2D eigenvalue weighted by atomic mass is 35.5. The van der Waals surface area contributed by atoms with Crippen molar-refractivity contribution in [3.8, 4) is 0 Å². The molecule has 1 atom stereocenters. The normalized spacial score (nSPS) is 14.5. The van der Waals surface area contributed by atoms with Crippen LogP contribution in [0.15, 0.2) is 16.5 Å². The van der Waals surface area contributed by atoms with Gasteiger partial charge in [-0.3, -0.25) is 4.68 Å². The molecular weight excluding hydrogens is 302 g/mol. The van der Waals surface area contributed by atoms with Gasteiger partial charge in [-0.15, -0.1) is 0 Å². The van der Waals surface area contributed by atoms with Crippen LogP contribution in [0.5, 0.6) is 0 Å². The zero-order valence-electron chi connectivity index (χ0n) is 13.8. The summed E-state index contributed by atoms with van der Waals surface area (Å²) in [7, 11) is 1.83. The van der Waals surface area contributed by atoms with Crippen molar-refractivity contribution in [2.75, 3.05) is 6.54 Å². The summed E-state index contributed by atoms with van der Waals surface area (Å²) in [6, 6.07) is 3.65. The lowest BCUT2D eigenvalue weighted by molar-refractivity contribution is 0.0332. The van der Waals surface area contributed by atoms with E-state index in [1.807, 2.05) is 20.0 Å². The average Bonchev–Trinajstić information content (AvgIpc) is 2.98. The molecule has 0 spiro atoms. The number of aromatic nitrogens is 2. The Labute approximate surface area is 136 Å². The Morgan fingerprint density at radius 2 is 2.14 bits per heavy atom. The first-order valence-corrected chi connectivity index (χ1v) is 7.81. The van der Waals surface area contributed by atoms with Crippen molar-refractivity contribution in [2.24, 2.45) is 7.05 Å². The van der Waals surface area contributed by atoms with Gasteiger partial charge < -0.3 is 14.8 Å². The highest BCUT2D eigenvalue weighted by Crippen LogP contribution is 2.26. The van der Waals surface area contributed by atoms with Crippen LogP contribution in [0.2, 0.25) is 5.15 Å².